The Bertz CT molecular complexity index is 82.2. The standard InChI is InChI=1S/C6H17N3O2/c1-4-7-11-9-8-6(2)5-10-3/h6-9H,4-5H2,1-3H3. The fourth-order valence-corrected chi connectivity index (χ4v) is 0.530. The van der Waals surface area contributed by atoms with Gasteiger partial charge in [0, 0.05) is 19.7 Å². The first-order chi connectivity index (χ1) is 5.31. The molecule has 0 aromatic heterocycles. The maximum atomic E-state index is 4.88. The Kier molecular flexibility index (Phi) is 7.76. The van der Waals surface area contributed by atoms with E-state index < -0.39 is 0 Å². The van der Waals surface area contributed by atoms with Crippen LogP contribution in [0, 0.1) is 0 Å². The van der Waals surface area contributed by atoms with E-state index in [-0.39, 0.29) is 6.04 Å². The van der Waals surface area contributed by atoms with Crippen LogP contribution in [0.3, 0.4) is 0 Å². The van der Waals surface area contributed by atoms with E-state index in [0.717, 1.165) is 6.54 Å². The van der Waals surface area contributed by atoms with E-state index in [1.807, 2.05) is 13.8 Å². The van der Waals surface area contributed by atoms with E-state index in [9.17, 15) is 0 Å². The molecule has 5 nitrogen and oxygen atoms in total. The molecule has 0 aliphatic heterocycles. The molecule has 1 atom stereocenters. The van der Waals surface area contributed by atoms with Crippen LogP contribution in [0.15, 0.2) is 0 Å². The van der Waals surface area contributed by atoms with Crippen LogP contribution in [-0.4, -0.2) is 26.3 Å². The van der Waals surface area contributed by atoms with Gasteiger partial charge in [0.2, 0.25) is 0 Å². The molecular formula is C6H17N3O2. The van der Waals surface area contributed by atoms with Crippen molar-refractivity contribution in [3.8, 4) is 0 Å². The van der Waals surface area contributed by atoms with Gasteiger partial charge in [-0.3, -0.25) is 0 Å². The van der Waals surface area contributed by atoms with Crippen LogP contribution >= 0.6 is 0 Å². The molecule has 0 aromatic rings. The predicted molar refractivity (Wildman–Crippen MR) is 42.4 cm³/mol. The van der Waals surface area contributed by atoms with Gasteiger partial charge in [-0.25, -0.2) is 5.43 Å². The number of nitrogens with one attached hydrogen (secondary N) is 3. The monoisotopic (exact) mass is 163 g/mol. The lowest BCUT2D eigenvalue weighted by Gasteiger charge is -2.12. The molecule has 0 rings (SSSR count). The first-order valence-corrected chi connectivity index (χ1v) is 3.69. The fourth-order valence-electron chi connectivity index (χ4n) is 0.530. The van der Waals surface area contributed by atoms with E-state index in [4.69, 9.17) is 9.68 Å². The number of hydroxylamine groups is 1. The lowest BCUT2D eigenvalue weighted by molar-refractivity contribution is -0.0681. The van der Waals surface area contributed by atoms with Gasteiger partial charge >= 0.3 is 0 Å². The summed E-state index contributed by atoms with van der Waals surface area (Å²) in [7, 11) is 1.66. The van der Waals surface area contributed by atoms with Crippen LogP contribution in [0.25, 0.3) is 0 Å². The molecular weight excluding hydrogens is 146 g/mol. The van der Waals surface area contributed by atoms with Gasteiger partial charge in [0.1, 0.15) is 0 Å². The summed E-state index contributed by atoms with van der Waals surface area (Å²) in [6, 6.07) is 0.221. The highest BCUT2D eigenvalue weighted by Crippen LogP contribution is 1.77. The molecule has 0 fully saturated rings. The van der Waals surface area contributed by atoms with Gasteiger partial charge in [0.05, 0.1) is 6.61 Å². The lowest BCUT2D eigenvalue weighted by atomic mass is 10.4. The molecule has 0 aromatic carbocycles. The zero-order valence-corrected chi connectivity index (χ0v) is 7.31. The van der Waals surface area contributed by atoms with Gasteiger partial charge < -0.3 is 4.74 Å². The molecule has 0 bridgehead atoms. The molecule has 0 saturated carbocycles. The summed E-state index contributed by atoms with van der Waals surface area (Å²) in [6.45, 7) is 5.32. The summed E-state index contributed by atoms with van der Waals surface area (Å²) in [4.78, 5) is 4.73. The fraction of sp³-hybridized carbons (Fsp3) is 1.00. The molecule has 5 heteroatoms. The summed E-state index contributed by atoms with van der Waals surface area (Å²) in [5.41, 5.74) is 8.02. The third-order valence-corrected chi connectivity index (χ3v) is 0.990. The lowest BCUT2D eigenvalue weighted by Crippen LogP contribution is -2.44. The molecule has 68 valence electrons. The molecule has 0 radical (unpaired) electrons. The van der Waals surface area contributed by atoms with Gasteiger partial charge in [-0.2, -0.15) is 10.4 Å². The highest BCUT2D eigenvalue weighted by atomic mass is 16.8. The second-order valence-corrected chi connectivity index (χ2v) is 2.20. The third-order valence-electron chi connectivity index (χ3n) is 0.990. The first-order valence-electron chi connectivity index (χ1n) is 3.69. The van der Waals surface area contributed by atoms with Gasteiger partial charge in [-0.15, -0.1) is 5.59 Å². The summed E-state index contributed by atoms with van der Waals surface area (Å²) in [6.07, 6.45) is 0. The molecule has 0 aliphatic carbocycles. The first kappa shape index (κ1) is 10.8. The van der Waals surface area contributed by atoms with Crippen molar-refractivity contribution in [1.29, 1.82) is 0 Å². The molecule has 0 aliphatic rings. The number of hydrazine groups is 1. The minimum atomic E-state index is 0.221. The molecule has 3 N–H and O–H groups in total. The molecule has 0 spiro atoms. The summed E-state index contributed by atoms with van der Waals surface area (Å²) in [5.74, 6) is 0. The number of rotatable bonds is 7. The van der Waals surface area contributed by atoms with E-state index in [1.165, 1.54) is 0 Å². The number of hydrogen-bond acceptors (Lipinski definition) is 5. The SMILES string of the molecule is CCNONNC(C)COC. The predicted octanol–water partition coefficient (Wildman–Crippen LogP) is -0.428. The number of ether oxygens (including phenoxy) is 1. The molecule has 11 heavy (non-hydrogen) atoms. The third kappa shape index (κ3) is 7.70. The molecule has 0 amide bonds. The zero-order chi connectivity index (χ0) is 8.53. The zero-order valence-electron chi connectivity index (χ0n) is 7.31. The quantitative estimate of drug-likeness (QED) is 0.351. The Balaban J connectivity index is 2.97. The van der Waals surface area contributed by atoms with Crippen molar-refractivity contribution in [3.05, 3.63) is 0 Å². The number of methoxy groups -OCH3 is 1. The van der Waals surface area contributed by atoms with Crippen LogP contribution in [0.5, 0.6) is 0 Å². The average Bonchev–Trinajstić information content (AvgIpc) is 1.99. The van der Waals surface area contributed by atoms with Crippen molar-refractivity contribution < 1.29 is 9.68 Å². The van der Waals surface area contributed by atoms with E-state index in [2.05, 4.69) is 16.5 Å². The van der Waals surface area contributed by atoms with Crippen molar-refractivity contribution in [3.63, 3.8) is 0 Å². The van der Waals surface area contributed by atoms with Crippen LogP contribution in [0.4, 0.5) is 0 Å². The van der Waals surface area contributed by atoms with Crippen LogP contribution in [0.1, 0.15) is 13.8 Å². The highest BCUT2D eigenvalue weighted by molar-refractivity contribution is 4.50. The van der Waals surface area contributed by atoms with Gasteiger partial charge in [-0.05, 0) is 6.92 Å². The van der Waals surface area contributed by atoms with E-state index >= 15 is 0 Å². The second kappa shape index (κ2) is 7.90. The van der Waals surface area contributed by atoms with Crippen molar-refractivity contribution in [2.24, 2.45) is 0 Å². The van der Waals surface area contributed by atoms with E-state index in [1.54, 1.807) is 7.11 Å². The summed E-state index contributed by atoms with van der Waals surface area (Å²) >= 11 is 0. The minimum absolute atomic E-state index is 0.221. The number of hydrogen-bond donors (Lipinski definition) is 3. The van der Waals surface area contributed by atoms with Crippen LogP contribution in [-0.2, 0) is 9.68 Å². The van der Waals surface area contributed by atoms with Crippen LogP contribution < -0.4 is 16.5 Å². The molecule has 1 unspecified atom stereocenters. The Morgan fingerprint density at radius 1 is 1.45 bits per heavy atom. The Morgan fingerprint density at radius 2 is 2.18 bits per heavy atom. The van der Waals surface area contributed by atoms with Crippen molar-refractivity contribution in [1.82, 2.24) is 16.5 Å². The average molecular weight is 163 g/mol. The molecule has 0 saturated heterocycles. The van der Waals surface area contributed by atoms with Gasteiger partial charge in [0.15, 0.2) is 0 Å². The van der Waals surface area contributed by atoms with Crippen molar-refractivity contribution in [2.45, 2.75) is 19.9 Å². The van der Waals surface area contributed by atoms with Gasteiger partial charge in [-0.1, -0.05) is 6.92 Å². The maximum Gasteiger partial charge on any atom is 0.0627 e. The highest BCUT2D eigenvalue weighted by Gasteiger charge is 1.97. The smallest absolute Gasteiger partial charge is 0.0627 e. The largest absolute Gasteiger partial charge is 0.383 e. The van der Waals surface area contributed by atoms with Gasteiger partial charge in [0.25, 0.3) is 0 Å². The summed E-state index contributed by atoms with van der Waals surface area (Å²) in [5, 5.41) is 0. The van der Waals surface area contributed by atoms with Crippen molar-refractivity contribution >= 4 is 0 Å². The second-order valence-electron chi connectivity index (χ2n) is 2.20. The minimum Gasteiger partial charge on any atom is -0.383 e. The Morgan fingerprint density at radius 3 is 2.73 bits per heavy atom. The van der Waals surface area contributed by atoms with Crippen LogP contribution in [0.2, 0.25) is 0 Å². The normalized spacial score (nSPS) is 13.4. The van der Waals surface area contributed by atoms with E-state index in [0.29, 0.717) is 6.61 Å². The Hall–Kier alpha value is -0.200. The van der Waals surface area contributed by atoms with Crippen molar-refractivity contribution in [2.75, 3.05) is 20.3 Å². The molecule has 0 heterocycles. The topological polar surface area (TPSA) is 54.5 Å². The summed E-state index contributed by atoms with van der Waals surface area (Å²) < 4.78 is 4.88. The Labute approximate surface area is 67.3 Å². The maximum absolute atomic E-state index is 4.88.